The SMILES string of the molecule is COc1ccc(/C=N/NS(=O)(=O)c2cccc([N+](=O)[O-])c2)c(Br)c1O. The molecule has 0 aliphatic carbocycles. The molecule has 0 atom stereocenters. The number of non-ortho nitro benzene ring substituents is 1. The van der Waals surface area contributed by atoms with Crippen LogP contribution in [0.25, 0.3) is 0 Å². The molecular formula is C14H12BrN3O6S. The maximum Gasteiger partial charge on any atom is 0.276 e. The molecule has 0 aliphatic rings. The van der Waals surface area contributed by atoms with Crippen molar-refractivity contribution in [3.05, 3.63) is 56.5 Å². The van der Waals surface area contributed by atoms with Gasteiger partial charge in [-0.15, -0.1) is 0 Å². The fourth-order valence-corrected chi connectivity index (χ4v) is 3.07. The van der Waals surface area contributed by atoms with E-state index in [1.165, 1.54) is 31.4 Å². The second-order valence-electron chi connectivity index (χ2n) is 4.63. The number of phenols is 1. The molecule has 11 heteroatoms. The molecule has 0 amide bonds. The highest BCUT2D eigenvalue weighted by Gasteiger charge is 2.17. The zero-order chi connectivity index (χ0) is 18.6. The molecule has 0 radical (unpaired) electrons. The average Bonchev–Trinajstić information content (AvgIpc) is 2.59. The van der Waals surface area contributed by atoms with Crippen LogP contribution in [0.3, 0.4) is 0 Å². The van der Waals surface area contributed by atoms with Crippen molar-refractivity contribution in [1.82, 2.24) is 4.83 Å². The standard InChI is InChI=1S/C14H12BrN3O6S/c1-24-12-6-5-9(13(15)14(12)19)8-16-17-25(22,23)11-4-2-3-10(7-11)18(20)21/h2-8,17,19H,1H3/b16-8+. The Bertz CT molecular complexity index is 946. The van der Waals surface area contributed by atoms with Gasteiger partial charge in [-0.2, -0.15) is 13.5 Å². The number of aromatic hydroxyl groups is 1. The van der Waals surface area contributed by atoms with Gasteiger partial charge in [-0.3, -0.25) is 10.1 Å². The normalized spacial score (nSPS) is 11.4. The van der Waals surface area contributed by atoms with E-state index in [4.69, 9.17) is 4.74 Å². The Morgan fingerprint density at radius 3 is 2.72 bits per heavy atom. The van der Waals surface area contributed by atoms with Crippen LogP contribution in [0.4, 0.5) is 5.69 Å². The minimum Gasteiger partial charge on any atom is -0.503 e. The summed E-state index contributed by atoms with van der Waals surface area (Å²) in [5.41, 5.74) is 0.0368. The topological polar surface area (TPSA) is 131 Å². The van der Waals surface area contributed by atoms with Crippen LogP contribution >= 0.6 is 15.9 Å². The maximum atomic E-state index is 12.1. The van der Waals surface area contributed by atoms with E-state index in [2.05, 4.69) is 21.0 Å². The van der Waals surface area contributed by atoms with Gasteiger partial charge in [0.15, 0.2) is 11.5 Å². The molecule has 132 valence electrons. The number of sulfonamides is 1. The Labute approximate surface area is 151 Å². The number of methoxy groups -OCH3 is 1. The third-order valence-corrected chi connectivity index (χ3v) is 5.10. The lowest BCUT2D eigenvalue weighted by Crippen LogP contribution is -2.18. The van der Waals surface area contributed by atoms with Gasteiger partial charge in [0.2, 0.25) is 0 Å². The van der Waals surface area contributed by atoms with Crippen LogP contribution in [-0.2, 0) is 10.0 Å². The molecule has 0 saturated carbocycles. The van der Waals surface area contributed by atoms with E-state index in [1.807, 2.05) is 4.83 Å². The molecule has 2 aromatic carbocycles. The predicted molar refractivity (Wildman–Crippen MR) is 93.4 cm³/mol. The van der Waals surface area contributed by atoms with E-state index in [0.29, 0.717) is 5.56 Å². The van der Waals surface area contributed by atoms with Crippen molar-refractivity contribution < 1.29 is 23.2 Å². The van der Waals surface area contributed by atoms with Crippen molar-refractivity contribution in [3.8, 4) is 11.5 Å². The Kier molecular flexibility index (Phi) is 5.59. The van der Waals surface area contributed by atoms with Crippen molar-refractivity contribution in [2.45, 2.75) is 4.90 Å². The first kappa shape index (κ1) is 18.7. The van der Waals surface area contributed by atoms with E-state index >= 15 is 0 Å². The Morgan fingerprint density at radius 1 is 1.36 bits per heavy atom. The molecule has 0 aliphatic heterocycles. The summed E-state index contributed by atoms with van der Waals surface area (Å²) in [5.74, 6) is 0.0780. The van der Waals surface area contributed by atoms with Gasteiger partial charge < -0.3 is 9.84 Å². The fraction of sp³-hybridized carbons (Fsp3) is 0.0714. The van der Waals surface area contributed by atoms with E-state index in [-0.39, 0.29) is 26.6 Å². The fourth-order valence-electron chi connectivity index (χ4n) is 1.81. The van der Waals surface area contributed by atoms with Gasteiger partial charge in [0.05, 0.1) is 27.6 Å². The number of ether oxygens (including phenoxy) is 1. The summed E-state index contributed by atoms with van der Waals surface area (Å²) in [5, 5.41) is 24.2. The number of rotatable bonds is 6. The van der Waals surface area contributed by atoms with Crippen molar-refractivity contribution in [3.63, 3.8) is 0 Å². The van der Waals surface area contributed by atoms with Crippen molar-refractivity contribution in [2.75, 3.05) is 7.11 Å². The molecule has 0 bridgehead atoms. The zero-order valence-corrected chi connectivity index (χ0v) is 15.1. The van der Waals surface area contributed by atoms with Crippen LogP contribution < -0.4 is 9.57 Å². The molecule has 0 heterocycles. The van der Waals surface area contributed by atoms with Gasteiger partial charge in [0.25, 0.3) is 15.7 Å². The summed E-state index contributed by atoms with van der Waals surface area (Å²) >= 11 is 3.15. The molecule has 0 fully saturated rings. The summed E-state index contributed by atoms with van der Waals surface area (Å²) in [6, 6.07) is 7.60. The number of phenolic OH excluding ortho intramolecular Hbond substituents is 1. The number of hydrazone groups is 1. The minimum atomic E-state index is -4.08. The first-order valence-electron chi connectivity index (χ1n) is 6.61. The second kappa shape index (κ2) is 7.49. The monoisotopic (exact) mass is 429 g/mol. The van der Waals surface area contributed by atoms with Gasteiger partial charge in [-0.1, -0.05) is 6.07 Å². The molecular weight excluding hydrogens is 418 g/mol. The molecule has 25 heavy (non-hydrogen) atoms. The number of halogens is 1. The van der Waals surface area contributed by atoms with E-state index in [0.717, 1.165) is 12.3 Å². The Morgan fingerprint density at radius 2 is 2.08 bits per heavy atom. The quantitative estimate of drug-likeness (QED) is 0.411. The lowest BCUT2D eigenvalue weighted by Gasteiger charge is -2.07. The number of hydrogen-bond donors (Lipinski definition) is 2. The summed E-state index contributed by atoms with van der Waals surface area (Å²) in [7, 11) is -2.69. The van der Waals surface area contributed by atoms with Crippen LogP contribution in [0.5, 0.6) is 11.5 Å². The van der Waals surface area contributed by atoms with Crippen molar-refractivity contribution in [2.24, 2.45) is 5.10 Å². The molecule has 9 nitrogen and oxygen atoms in total. The first-order valence-corrected chi connectivity index (χ1v) is 8.88. The third kappa shape index (κ3) is 4.25. The van der Waals surface area contributed by atoms with Crippen molar-refractivity contribution >= 4 is 37.9 Å². The summed E-state index contributed by atoms with van der Waals surface area (Å²) in [6.45, 7) is 0. The lowest BCUT2D eigenvalue weighted by molar-refractivity contribution is -0.385. The van der Waals surface area contributed by atoms with Gasteiger partial charge >= 0.3 is 0 Å². The molecule has 2 rings (SSSR count). The third-order valence-electron chi connectivity index (χ3n) is 3.04. The molecule has 0 aromatic heterocycles. The number of hydrogen-bond acceptors (Lipinski definition) is 7. The van der Waals surface area contributed by atoms with Crippen LogP contribution in [0.2, 0.25) is 0 Å². The smallest absolute Gasteiger partial charge is 0.276 e. The molecule has 2 N–H and O–H groups in total. The number of nitrogens with one attached hydrogen (secondary N) is 1. The van der Waals surface area contributed by atoms with Crippen LogP contribution in [-0.4, -0.2) is 31.8 Å². The zero-order valence-electron chi connectivity index (χ0n) is 12.7. The highest BCUT2D eigenvalue weighted by molar-refractivity contribution is 9.10. The first-order chi connectivity index (χ1) is 11.8. The maximum absolute atomic E-state index is 12.1. The van der Waals surface area contributed by atoms with Gasteiger partial charge in [-0.05, 0) is 34.1 Å². The predicted octanol–water partition coefficient (Wildman–Crippen LogP) is 2.38. The van der Waals surface area contributed by atoms with E-state index < -0.39 is 14.9 Å². The largest absolute Gasteiger partial charge is 0.503 e. The summed E-state index contributed by atoms with van der Waals surface area (Å²) < 4.78 is 29.4. The number of nitro benzene ring substituents is 1. The molecule has 0 saturated heterocycles. The Hall–Kier alpha value is -2.66. The van der Waals surface area contributed by atoms with Crippen LogP contribution in [0.1, 0.15) is 5.56 Å². The molecule has 0 spiro atoms. The number of nitro groups is 1. The number of benzene rings is 2. The highest BCUT2D eigenvalue weighted by Crippen LogP contribution is 2.35. The average molecular weight is 430 g/mol. The number of nitrogens with zero attached hydrogens (tertiary/aromatic N) is 2. The second-order valence-corrected chi connectivity index (χ2v) is 7.08. The summed E-state index contributed by atoms with van der Waals surface area (Å²) in [4.78, 5) is 11.7. The molecule has 0 unspecified atom stereocenters. The Balaban J connectivity index is 2.23. The summed E-state index contributed by atoms with van der Waals surface area (Å²) in [6.07, 6.45) is 1.16. The van der Waals surface area contributed by atoms with Crippen LogP contribution in [0.15, 0.2) is 50.9 Å². The molecule has 2 aromatic rings. The lowest BCUT2D eigenvalue weighted by atomic mass is 10.2. The van der Waals surface area contributed by atoms with Crippen LogP contribution in [0, 0.1) is 10.1 Å². The van der Waals surface area contributed by atoms with Gasteiger partial charge in [0.1, 0.15) is 0 Å². The van der Waals surface area contributed by atoms with Gasteiger partial charge in [-0.25, -0.2) is 4.83 Å². The van der Waals surface area contributed by atoms with Gasteiger partial charge in [0, 0.05) is 17.7 Å². The highest BCUT2D eigenvalue weighted by atomic mass is 79.9. The van der Waals surface area contributed by atoms with Crippen molar-refractivity contribution in [1.29, 1.82) is 0 Å². The van der Waals surface area contributed by atoms with E-state index in [1.54, 1.807) is 6.07 Å². The minimum absolute atomic E-state index is 0.159. The van der Waals surface area contributed by atoms with E-state index in [9.17, 15) is 23.6 Å².